The number of rotatable bonds is 7. The molecule has 2 rings (SSSR count). The Hall–Kier alpha value is -2.33. The highest BCUT2D eigenvalue weighted by Gasteiger charge is 2.23. The van der Waals surface area contributed by atoms with Gasteiger partial charge in [-0.15, -0.1) is 0 Å². The minimum atomic E-state index is -3.83. The molecule has 0 spiro atoms. The minimum absolute atomic E-state index is 0.0764. The van der Waals surface area contributed by atoms with Gasteiger partial charge in [-0.1, -0.05) is 13.8 Å². The topological polar surface area (TPSA) is 159 Å². The van der Waals surface area contributed by atoms with E-state index in [1.165, 1.54) is 13.0 Å². The molecule has 1 aromatic heterocycles. The summed E-state index contributed by atoms with van der Waals surface area (Å²) in [6.45, 7) is 3.25. The van der Waals surface area contributed by atoms with Gasteiger partial charge in [0.05, 0.1) is 22.5 Å². The maximum absolute atomic E-state index is 11.8. The Morgan fingerprint density at radius 2 is 1.92 bits per heavy atom. The van der Waals surface area contributed by atoms with Crippen LogP contribution in [-0.4, -0.2) is 37.6 Å². The van der Waals surface area contributed by atoms with Crippen molar-refractivity contribution in [3.05, 3.63) is 48.5 Å². The summed E-state index contributed by atoms with van der Waals surface area (Å²) in [5.41, 5.74) is -1.63. The van der Waals surface area contributed by atoms with Gasteiger partial charge in [0.25, 0.3) is 5.69 Å². The summed E-state index contributed by atoms with van der Waals surface area (Å²) in [5.74, 6) is 0. The maximum Gasteiger partial charge on any atom is 0.344 e. The van der Waals surface area contributed by atoms with Gasteiger partial charge in [-0.25, -0.2) is 4.62 Å². The molecule has 11 nitrogen and oxygen atoms in total. The molecule has 12 heteroatoms. The molecule has 0 aliphatic carbocycles. The molecule has 0 bridgehead atoms. The predicted molar refractivity (Wildman–Crippen MR) is 89.4 cm³/mol. The molecule has 1 atom stereocenters. The average molecular weight is 372 g/mol. The SMILES string of the molecule is CCN(Cc1cc([N+](=O)[O-])cc2[nH]c(=O)c(=O)[nH]c12)OP(=O)(O)CC. The molecule has 1 unspecified atom stereocenters. The summed E-state index contributed by atoms with van der Waals surface area (Å²) in [6.07, 6.45) is -0.108. The van der Waals surface area contributed by atoms with Crippen molar-refractivity contribution in [1.82, 2.24) is 15.0 Å². The van der Waals surface area contributed by atoms with Crippen LogP contribution in [0.2, 0.25) is 0 Å². The molecule has 136 valence electrons. The van der Waals surface area contributed by atoms with Gasteiger partial charge in [-0.05, 0) is 0 Å². The van der Waals surface area contributed by atoms with Gasteiger partial charge in [-0.3, -0.25) is 24.3 Å². The van der Waals surface area contributed by atoms with Crippen molar-refractivity contribution >= 4 is 24.3 Å². The molecule has 25 heavy (non-hydrogen) atoms. The van der Waals surface area contributed by atoms with E-state index in [9.17, 15) is 29.2 Å². The number of hydrogen-bond donors (Lipinski definition) is 3. The molecule has 0 radical (unpaired) electrons. The largest absolute Gasteiger partial charge is 0.344 e. The summed E-state index contributed by atoms with van der Waals surface area (Å²) in [5, 5.41) is 12.3. The van der Waals surface area contributed by atoms with Crippen molar-refractivity contribution in [3.63, 3.8) is 0 Å². The van der Waals surface area contributed by atoms with Crippen LogP contribution in [0.3, 0.4) is 0 Å². The second kappa shape index (κ2) is 7.28. The molecule has 0 fully saturated rings. The van der Waals surface area contributed by atoms with Crippen molar-refractivity contribution in [3.8, 4) is 0 Å². The highest BCUT2D eigenvalue weighted by Crippen LogP contribution is 2.42. The summed E-state index contributed by atoms with van der Waals surface area (Å²) in [7, 11) is -3.83. The standard InChI is InChI=1S/C13H17N4O7P/c1-3-16(24-25(22,23)4-2)7-8-5-9(17(20)21)6-10-11(8)15-13(19)12(18)14-10/h5-6H,3-4,7H2,1-2H3,(H,14,18)(H,15,19)(H,22,23). The fraction of sp³-hybridized carbons (Fsp3) is 0.385. The van der Waals surface area contributed by atoms with Crippen molar-refractivity contribution in [2.45, 2.75) is 20.4 Å². The van der Waals surface area contributed by atoms with Crippen LogP contribution in [0.15, 0.2) is 21.7 Å². The number of H-pyrrole nitrogens is 2. The van der Waals surface area contributed by atoms with E-state index in [1.807, 2.05) is 0 Å². The van der Waals surface area contributed by atoms with Crippen LogP contribution >= 0.6 is 7.60 Å². The Bertz CT molecular complexity index is 967. The van der Waals surface area contributed by atoms with Gasteiger partial charge in [-0.2, -0.15) is 5.06 Å². The summed E-state index contributed by atoms with van der Waals surface area (Å²) in [6, 6.07) is 2.33. The number of aromatic nitrogens is 2. The van der Waals surface area contributed by atoms with E-state index in [1.54, 1.807) is 6.92 Å². The molecular formula is C13H17N4O7P. The Balaban J connectivity index is 2.56. The number of fused-ring (bicyclic) bond motifs is 1. The van der Waals surface area contributed by atoms with Crippen LogP contribution in [0, 0.1) is 10.1 Å². The van der Waals surface area contributed by atoms with E-state index in [0.29, 0.717) is 0 Å². The first-order valence-electron chi connectivity index (χ1n) is 7.37. The second-order valence-corrected chi connectivity index (χ2v) is 7.25. The summed E-state index contributed by atoms with van der Waals surface area (Å²) in [4.78, 5) is 47.7. The minimum Gasteiger partial charge on any atom is -0.323 e. The number of hydroxylamine groups is 2. The number of aromatic amines is 2. The van der Waals surface area contributed by atoms with E-state index >= 15 is 0 Å². The zero-order chi connectivity index (χ0) is 18.8. The number of nitrogens with zero attached hydrogens (tertiary/aromatic N) is 2. The smallest absolute Gasteiger partial charge is 0.323 e. The van der Waals surface area contributed by atoms with Crippen LogP contribution in [0.5, 0.6) is 0 Å². The number of nitro groups is 1. The Morgan fingerprint density at radius 1 is 1.28 bits per heavy atom. The molecule has 1 aromatic carbocycles. The molecule has 0 aliphatic heterocycles. The van der Waals surface area contributed by atoms with Gasteiger partial charge in [0.1, 0.15) is 0 Å². The van der Waals surface area contributed by atoms with Crippen molar-refractivity contribution in [1.29, 1.82) is 0 Å². The van der Waals surface area contributed by atoms with Crippen LogP contribution in [0.4, 0.5) is 5.69 Å². The van der Waals surface area contributed by atoms with Crippen LogP contribution in [-0.2, 0) is 15.7 Å². The van der Waals surface area contributed by atoms with Crippen molar-refractivity contribution in [2.75, 3.05) is 12.7 Å². The first-order chi connectivity index (χ1) is 11.7. The van der Waals surface area contributed by atoms with Crippen LogP contribution in [0.1, 0.15) is 19.4 Å². The molecule has 0 saturated heterocycles. The lowest BCUT2D eigenvalue weighted by molar-refractivity contribution is -0.384. The highest BCUT2D eigenvalue weighted by molar-refractivity contribution is 7.52. The van der Waals surface area contributed by atoms with E-state index in [0.717, 1.165) is 11.1 Å². The van der Waals surface area contributed by atoms with E-state index in [2.05, 4.69) is 9.97 Å². The number of non-ortho nitro benzene ring substituents is 1. The van der Waals surface area contributed by atoms with E-state index in [-0.39, 0.29) is 41.5 Å². The molecule has 0 saturated carbocycles. The molecule has 1 heterocycles. The second-order valence-electron chi connectivity index (χ2n) is 5.18. The van der Waals surface area contributed by atoms with E-state index < -0.39 is 23.6 Å². The zero-order valence-corrected chi connectivity index (χ0v) is 14.4. The monoisotopic (exact) mass is 372 g/mol. The molecule has 0 amide bonds. The lowest BCUT2D eigenvalue weighted by atomic mass is 10.1. The molecule has 2 aromatic rings. The first kappa shape index (κ1) is 19.0. The summed E-state index contributed by atoms with van der Waals surface area (Å²) >= 11 is 0. The lowest BCUT2D eigenvalue weighted by Crippen LogP contribution is -2.30. The Kier molecular flexibility index (Phi) is 5.53. The fourth-order valence-electron chi connectivity index (χ4n) is 2.14. The number of hydrogen-bond acceptors (Lipinski definition) is 7. The number of benzene rings is 1. The molecule has 3 N–H and O–H groups in total. The van der Waals surface area contributed by atoms with Crippen LogP contribution < -0.4 is 11.1 Å². The van der Waals surface area contributed by atoms with Crippen molar-refractivity contribution < 1.29 is 19.0 Å². The number of nitrogens with one attached hydrogen (secondary N) is 2. The van der Waals surface area contributed by atoms with Crippen molar-refractivity contribution in [2.24, 2.45) is 0 Å². The third kappa shape index (κ3) is 4.40. The first-order valence-corrected chi connectivity index (χ1v) is 9.13. The van der Waals surface area contributed by atoms with Gasteiger partial charge < -0.3 is 14.9 Å². The quantitative estimate of drug-likeness (QED) is 0.282. The highest BCUT2D eigenvalue weighted by atomic mass is 31.2. The Labute approximate surface area is 140 Å². The normalized spacial score (nSPS) is 13.9. The lowest BCUT2D eigenvalue weighted by Gasteiger charge is -2.22. The predicted octanol–water partition coefficient (Wildman–Crippen LogP) is 1.08. The number of nitro benzene ring substituents is 1. The van der Waals surface area contributed by atoms with Gasteiger partial charge in [0, 0.05) is 30.4 Å². The maximum atomic E-state index is 11.8. The van der Waals surface area contributed by atoms with Gasteiger partial charge >= 0.3 is 18.7 Å². The fourth-order valence-corrected chi connectivity index (χ4v) is 2.79. The summed E-state index contributed by atoms with van der Waals surface area (Å²) < 4.78 is 16.8. The molecule has 0 aliphatic rings. The van der Waals surface area contributed by atoms with E-state index in [4.69, 9.17) is 4.62 Å². The van der Waals surface area contributed by atoms with Crippen LogP contribution in [0.25, 0.3) is 11.0 Å². The average Bonchev–Trinajstić information content (AvgIpc) is 2.55. The van der Waals surface area contributed by atoms with Gasteiger partial charge in [0.2, 0.25) is 0 Å². The third-order valence-corrected chi connectivity index (χ3v) is 4.74. The zero-order valence-electron chi connectivity index (χ0n) is 13.5. The van der Waals surface area contributed by atoms with Gasteiger partial charge in [0.15, 0.2) is 0 Å². The molecular weight excluding hydrogens is 355 g/mol. The Morgan fingerprint density at radius 3 is 2.48 bits per heavy atom. The third-order valence-electron chi connectivity index (χ3n) is 3.45.